The van der Waals surface area contributed by atoms with E-state index in [2.05, 4.69) is 35.5 Å². The van der Waals surface area contributed by atoms with Gasteiger partial charge in [0.15, 0.2) is 17.6 Å². The minimum Gasteiger partial charge on any atom is -0.691 e. The Morgan fingerprint density at radius 2 is 1.52 bits per heavy atom. The second kappa shape index (κ2) is 23.7. The molecule has 0 unspecified atom stereocenters. The molecule has 3 heterocycles. The predicted molar refractivity (Wildman–Crippen MR) is 203 cm³/mol. The molecule has 13 atom stereocenters. The van der Waals surface area contributed by atoms with E-state index in [-0.39, 0.29) is 66.2 Å². The first-order chi connectivity index (χ1) is 28.8. The number of benzene rings is 1. The Labute approximate surface area is 381 Å². The zero-order valence-electron chi connectivity index (χ0n) is 34.2. The molecule has 0 spiro atoms. The van der Waals surface area contributed by atoms with E-state index in [1.54, 1.807) is 0 Å². The van der Waals surface area contributed by atoms with E-state index >= 15 is 0 Å². The first kappa shape index (κ1) is 52.5. The molecule has 338 valence electrons. The summed E-state index contributed by atoms with van der Waals surface area (Å²) >= 11 is 0.0246. The van der Waals surface area contributed by atoms with Crippen LogP contribution in [0.2, 0.25) is 0 Å². The summed E-state index contributed by atoms with van der Waals surface area (Å²) in [6, 6.07) is -5.47. The number of carbonyl (C=O) groups excluding carboxylic acids is 6. The molecule has 3 fully saturated rings. The van der Waals surface area contributed by atoms with Crippen LogP contribution in [0.5, 0.6) is 11.5 Å². The number of carbonyl (C=O) groups is 6. The maximum absolute atomic E-state index is 14.3. The number of fused-ring (bicyclic) bond motifs is 2. The maximum Gasteiger partial charge on any atom is 1.00 e. The zero-order valence-corrected chi connectivity index (χ0v) is 37.0. The molecule has 4 rings (SSSR count). The first-order valence-corrected chi connectivity index (χ1v) is 19.8. The molecule has 26 heteroatoms. The van der Waals surface area contributed by atoms with Gasteiger partial charge >= 0.3 is 29.6 Å². The molecule has 3 saturated heterocycles. The molecule has 0 aromatic heterocycles. The molecule has 0 radical (unpaired) electrons. The third kappa shape index (κ3) is 13.1. The predicted octanol–water partition coefficient (Wildman–Crippen LogP) is -8.73. The van der Waals surface area contributed by atoms with Crippen molar-refractivity contribution in [1.29, 1.82) is 0 Å². The Morgan fingerprint density at radius 1 is 0.871 bits per heavy atom. The van der Waals surface area contributed by atoms with Gasteiger partial charge in [0.2, 0.25) is 42.0 Å². The summed E-state index contributed by atoms with van der Waals surface area (Å²) < 4.78 is 9.06. The summed E-state index contributed by atoms with van der Waals surface area (Å²) in [5.41, 5.74) is 0.130. The standard InChI is InChI=1S/C36H51N7O17S.Na/c1-15-7-19(45)11-38-34(54)29-30(50)16(2)13-43(29)36(56)28(24(49)12-37-4)41-33(53)27(23(48)8-18-5-6-22(47)25(9-18)58-61-60-59-57)40-32(52)21-10-20(46)14-42(21)35(55)26(17(3)44)39-31(15)51;/h5-6,9,15-17,19-21,23-24,26-30,44-50,57H,7-8,10-14H2,1-3H3,(H,38,54)(H,39,51)(H,40,52)(H,41,53);/q;+1/p-1/t15-,16-,17+,19+,20+,21-,23+,24+,26-,27-,28-,29-,30-;/m0./s1. The molecule has 0 saturated carbocycles. The number of aliphatic hydroxyl groups is 6. The van der Waals surface area contributed by atoms with E-state index in [0.29, 0.717) is 0 Å². The number of rotatable bonds is 10. The summed E-state index contributed by atoms with van der Waals surface area (Å²) in [6.45, 7) is 9.40. The monoisotopic (exact) mass is 907 g/mol. The summed E-state index contributed by atoms with van der Waals surface area (Å²) in [4.78, 5) is 88.2. The number of hydrogen-bond donors (Lipinski definition) is 11. The molecule has 0 aliphatic carbocycles. The molecular formula is C36H50N7NaO17S. The molecule has 24 nitrogen and oxygen atoms in total. The Morgan fingerprint density at radius 3 is 2.16 bits per heavy atom. The van der Waals surface area contributed by atoms with Crippen molar-refractivity contribution >= 4 is 47.8 Å². The SMILES string of the molecule is [C-]#[N+]C[C@@H](O)[C@@H]1NC(=O)[C@H]([C@H](O)Cc2ccc(O)c(OSOO[O-])c2)NC(=O)[C@@H]2C[C@@H](O)CN2C(=O)[C@H]([C@@H](C)O)NC(=O)[C@@H](C)C[C@@H](O)CNC(=O)[C@@H]2[C@@H](O)[C@@H](C)CN2C1=O.[Na+]. The Hall–Kier alpha value is -3.88. The van der Waals surface area contributed by atoms with Gasteiger partial charge in [0.05, 0.1) is 30.5 Å². The number of hydrogen-bond acceptors (Lipinski definition) is 18. The average Bonchev–Trinajstić information content (AvgIpc) is 3.75. The van der Waals surface area contributed by atoms with Crippen LogP contribution in [-0.4, -0.2) is 174 Å². The topological polar surface area (TPSA) is 354 Å². The fourth-order valence-corrected chi connectivity index (χ4v) is 7.60. The van der Waals surface area contributed by atoms with E-state index < -0.39 is 152 Å². The number of aromatic hydroxyl groups is 1. The third-order valence-electron chi connectivity index (χ3n) is 10.6. The Bertz CT molecular complexity index is 1810. The van der Waals surface area contributed by atoms with E-state index in [0.717, 1.165) is 21.9 Å². The molecule has 0 bridgehead atoms. The van der Waals surface area contributed by atoms with E-state index in [9.17, 15) is 69.8 Å². The van der Waals surface area contributed by atoms with E-state index in [1.807, 2.05) is 0 Å². The van der Waals surface area contributed by atoms with Gasteiger partial charge < -0.3 is 81.1 Å². The van der Waals surface area contributed by atoms with Crippen molar-refractivity contribution in [2.45, 2.75) is 107 Å². The molecule has 1 aromatic carbocycles. The normalized spacial score (nSPS) is 30.8. The minimum absolute atomic E-state index is 0. The van der Waals surface area contributed by atoms with Crippen LogP contribution in [-0.2, 0) is 44.6 Å². The number of nitrogens with zero attached hydrogens (tertiary/aromatic N) is 3. The maximum atomic E-state index is 14.3. The molecule has 3 aliphatic rings. The van der Waals surface area contributed by atoms with Gasteiger partial charge in [-0.05, 0) is 31.0 Å². The van der Waals surface area contributed by atoms with Gasteiger partial charge in [-0.2, -0.15) is 0 Å². The number of nitrogens with one attached hydrogen (secondary N) is 4. The number of phenolic OH excluding ortho intramolecular Hbond substituents is 1. The largest absolute Gasteiger partial charge is 1.00 e. The van der Waals surface area contributed by atoms with Crippen molar-refractivity contribution in [3.05, 3.63) is 35.2 Å². The second-order valence-electron chi connectivity index (χ2n) is 15.3. The van der Waals surface area contributed by atoms with Crippen LogP contribution in [0.15, 0.2) is 18.2 Å². The molecule has 3 aliphatic heterocycles. The van der Waals surface area contributed by atoms with E-state index in [1.165, 1.54) is 26.8 Å². The number of phenols is 1. The van der Waals surface area contributed by atoms with Crippen LogP contribution in [0.1, 0.15) is 39.2 Å². The van der Waals surface area contributed by atoms with Crippen molar-refractivity contribution in [3.8, 4) is 11.5 Å². The van der Waals surface area contributed by atoms with Gasteiger partial charge in [-0.15, -0.1) is 4.33 Å². The van der Waals surface area contributed by atoms with Gasteiger partial charge in [-0.3, -0.25) is 33.8 Å². The minimum atomic E-state index is -2.08. The molecule has 11 N–H and O–H groups in total. The summed E-state index contributed by atoms with van der Waals surface area (Å²) in [7, 11) is 0. The van der Waals surface area contributed by atoms with Crippen LogP contribution in [0.4, 0.5) is 0 Å². The van der Waals surface area contributed by atoms with Crippen molar-refractivity contribution in [3.63, 3.8) is 0 Å². The average molecular weight is 908 g/mol. The smallest absolute Gasteiger partial charge is 0.691 e. The van der Waals surface area contributed by atoms with Crippen LogP contribution < -0.4 is 60.3 Å². The Kier molecular flexibility index (Phi) is 20.1. The molecule has 62 heavy (non-hydrogen) atoms. The van der Waals surface area contributed by atoms with Crippen LogP contribution in [0.3, 0.4) is 0 Å². The van der Waals surface area contributed by atoms with Crippen LogP contribution >= 0.6 is 12.3 Å². The number of β-amino-alcohol motifs (C(OH)–C–C–N with tert-alkyl or cyclic N) is 1. The molecule has 6 amide bonds. The zero-order chi connectivity index (χ0) is 45.3. The van der Waals surface area contributed by atoms with Crippen LogP contribution in [0.25, 0.3) is 4.85 Å². The fraction of sp³-hybridized carbons (Fsp3) is 0.639. The number of amides is 6. The van der Waals surface area contributed by atoms with Crippen molar-refractivity contribution in [2.24, 2.45) is 11.8 Å². The summed E-state index contributed by atoms with van der Waals surface area (Å²) in [5.74, 6) is -8.96. The van der Waals surface area contributed by atoms with Gasteiger partial charge in [-0.25, -0.2) is 6.57 Å². The Balaban J connectivity index is 0.0000102. The van der Waals surface area contributed by atoms with Gasteiger partial charge in [0, 0.05) is 44.3 Å². The molecule has 1 aromatic rings. The molecular weight excluding hydrogens is 857 g/mol. The second-order valence-corrected chi connectivity index (χ2v) is 15.7. The first-order valence-electron chi connectivity index (χ1n) is 19.1. The van der Waals surface area contributed by atoms with Crippen LogP contribution in [0, 0.1) is 18.4 Å². The fourth-order valence-electron chi connectivity index (χ4n) is 7.34. The van der Waals surface area contributed by atoms with Crippen molar-refractivity contribution < 1.29 is 113 Å². The van der Waals surface area contributed by atoms with Gasteiger partial charge in [-0.1, -0.05) is 19.9 Å². The summed E-state index contributed by atoms with van der Waals surface area (Å²) in [5, 5.41) is 98.7. The third-order valence-corrected chi connectivity index (χ3v) is 11.0. The quantitative estimate of drug-likeness (QED) is 0.0259. The number of aliphatic hydroxyl groups excluding tert-OH is 6. The van der Waals surface area contributed by atoms with Crippen molar-refractivity contribution in [1.82, 2.24) is 31.1 Å². The van der Waals surface area contributed by atoms with E-state index in [4.69, 9.17) is 10.8 Å². The summed E-state index contributed by atoms with van der Waals surface area (Å²) in [6.07, 6.45) is -10.9. The van der Waals surface area contributed by atoms with Gasteiger partial charge in [0.25, 0.3) is 12.3 Å². The van der Waals surface area contributed by atoms with Gasteiger partial charge in [0.1, 0.15) is 30.2 Å². The van der Waals surface area contributed by atoms with Crippen molar-refractivity contribution in [2.75, 3.05) is 26.2 Å².